The van der Waals surface area contributed by atoms with Crippen molar-refractivity contribution in [2.24, 2.45) is 0 Å². The molecule has 0 aliphatic carbocycles. The van der Waals surface area contributed by atoms with Crippen LogP contribution in [0.15, 0.2) is 237 Å². The zero-order valence-electron chi connectivity index (χ0n) is 39.6. The molecule has 0 fully saturated rings. The Balaban J connectivity index is 1.11. The van der Waals surface area contributed by atoms with E-state index in [9.17, 15) is 10.5 Å². The summed E-state index contributed by atoms with van der Waals surface area (Å²) in [6.07, 6.45) is 1.79. The number of benzene rings is 10. The van der Waals surface area contributed by atoms with E-state index in [1.807, 2.05) is 42.5 Å². The van der Waals surface area contributed by atoms with Gasteiger partial charge in [-0.25, -0.2) is 0 Å². The monoisotopic (exact) mass is 941 g/mol. The van der Waals surface area contributed by atoms with Gasteiger partial charge in [0.25, 0.3) is 0 Å². The van der Waals surface area contributed by atoms with Gasteiger partial charge in [-0.2, -0.15) is 10.5 Å². The first-order chi connectivity index (χ1) is 36.7. The summed E-state index contributed by atoms with van der Waals surface area (Å²) in [5, 5.41) is 32.5. The van der Waals surface area contributed by atoms with Crippen LogP contribution in [0.2, 0.25) is 0 Å². The van der Waals surface area contributed by atoms with Crippen molar-refractivity contribution in [3.05, 3.63) is 248 Å². The predicted octanol–water partition coefficient (Wildman–Crippen LogP) is 16.5. The first-order valence-electron chi connectivity index (χ1n) is 24.8. The van der Waals surface area contributed by atoms with E-state index in [1.54, 1.807) is 6.20 Å². The fourth-order valence-corrected chi connectivity index (χ4v) is 12.1. The second-order valence-corrected chi connectivity index (χ2v) is 18.8. The normalized spacial score (nSPS) is 11.8. The summed E-state index contributed by atoms with van der Waals surface area (Å²) in [5.41, 5.74) is 15.5. The maximum Gasteiger partial charge on any atom is 0.102 e. The molecule has 74 heavy (non-hydrogen) atoms. The average molecular weight is 942 g/mol. The number of hydrogen-bond acceptors (Lipinski definition) is 3. The molecule has 15 rings (SSSR count). The molecule has 5 heterocycles. The molecule has 0 amide bonds. The molecule has 0 saturated heterocycles. The largest absolute Gasteiger partial charge is 0.309 e. The molecule has 0 spiro atoms. The van der Waals surface area contributed by atoms with Gasteiger partial charge in [-0.05, 0) is 84.4 Å². The van der Waals surface area contributed by atoms with Gasteiger partial charge < -0.3 is 18.3 Å². The molecule has 0 saturated carbocycles. The predicted molar refractivity (Wildman–Crippen MR) is 302 cm³/mol. The van der Waals surface area contributed by atoms with Gasteiger partial charge in [0, 0.05) is 71.8 Å². The van der Waals surface area contributed by atoms with Gasteiger partial charge in [0.15, 0.2) is 0 Å². The third-order valence-corrected chi connectivity index (χ3v) is 15.1. The highest BCUT2D eigenvalue weighted by Crippen LogP contribution is 2.47. The number of hydrogen-bond donors (Lipinski definition) is 0. The van der Waals surface area contributed by atoms with Gasteiger partial charge >= 0.3 is 0 Å². The van der Waals surface area contributed by atoms with Gasteiger partial charge in [-0.1, -0.05) is 152 Å². The molecule has 7 heteroatoms. The molecule has 0 radical (unpaired) electrons. The lowest BCUT2D eigenvalue weighted by atomic mass is 9.91. The van der Waals surface area contributed by atoms with Gasteiger partial charge in [0.05, 0.1) is 72.3 Å². The number of nitriles is 2. The Morgan fingerprint density at radius 2 is 0.730 bits per heavy atom. The second kappa shape index (κ2) is 16.0. The zero-order valence-corrected chi connectivity index (χ0v) is 39.6. The minimum absolute atomic E-state index is 0.398. The summed E-state index contributed by atoms with van der Waals surface area (Å²) in [7, 11) is 0. The van der Waals surface area contributed by atoms with E-state index >= 15 is 0 Å². The molecule has 0 unspecified atom stereocenters. The second-order valence-electron chi connectivity index (χ2n) is 18.8. The highest BCUT2D eigenvalue weighted by Gasteiger charge is 2.29. The van der Waals surface area contributed by atoms with Crippen LogP contribution in [0.25, 0.3) is 132 Å². The van der Waals surface area contributed by atoms with Crippen molar-refractivity contribution in [2.45, 2.75) is 0 Å². The summed E-state index contributed by atoms with van der Waals surface area (Å²) in [6.45, 7) is 0. The van der Waals surface area contributed by atoms with Gasteiger partial charge in [0.2, 0.25) is 0 Å². The van der Waals surface area contributed by atoms with E-state index in [4.69, 9.17) is 0 Å². The molecule has 0 aliphatic rings. The van der Waals surface area contributed by atoms with E-state index < -0.39 is 0 Å². The molecular formula is C67H39N7. The van der Waals surface area contributed by atoms with Crippen molar-refractivity contribution in [1.29, 1.82) is 10.5 Å². The van der Waals surface area contributed by atoms with Crippen LogP contribution in [-0.2, 0) is 0 Å². The van der Waals surface area contributed by atoms with Crippen LogP contribution >= 0.6 is 0 Å². The third-order valence-electron chi connectivity index (χ3n) is 15.1. The number of pyridine rings is 1. The van der Waals surface area contributed by atoms with Crippen LogP contribution in [0.5, 0.6) is 0 Å². The van der Waals surface area contributed by atoms with Gasteiger partial charge in [-0.3, -0.25) is 4.98 Å². The summed E-state index contributed by atoms with van der Waals surface area (Å²) in [5.74, 6) is 0. The summed E-state index contributed by atoms with van der Waals surface area (Å²) < 4.78 is 9.26. The molecule has 0 atom stereocenters. The Labute approximate surface area is 424 Å². The molecule has 7 nitrogen and oxygen atoms in total. The first-order valence-corrected chi connectivity index (χ1v) is 24.8. The Hall–Kier alpha value is -10.5. The number of para-hydroxylation sites is 6. The van der Waals surface area contributed by atoms with E-state index in [-0.39, 0.29) is 0 Å². The maximum absolute atomic E-state index is 11.8. The lowest BCUT2D eigenvalue weighted by Crippen LogP contribution is -2.07. The zero-order chi connectivity index (χ0) is 49.0. The van der Waals surface area contributed by atoms with Gasteiger partial charge in [0.1, 0.15) is 12.1 Å². The molecular weight excluding hydrogens is 903 g/mol. The number of fused-ring (bicyclic) bond motifs is 14. The average Bonchev–Trinajstić information content (AvgIpc) is 4.20. The molecule has 0 aliphatic heterocycles. The van der Waals surface area contributed by atoms with Crippen molar-refractivity contribution in [2.75, 3.05) is 0 Å². The fraction of sp³-hybridized carbons (Fsp3) is 0. The maximum atomic E-state index is 11.8. The molecule has 342 valence electrons. The number of aromatic nitrogens is 5. The summed E-state index contributed by atoms with van der Waals surface area (Å²) >= 11 is 0. The highest BCUT2D eigenvalue weighted by molar-refractivity contribution is 6.28. The number of rotatable bonds is 6. The van der Waals surface area contributed by atoms with Crippen LogP contribution in [0.3, 0.4) is 0 Å². The lowest BCUT2D eigenvalue weighted by Gasteiger charge is -2.20. The van der Waals surface area contributed by atoms with Crippen molar-refractivity contribution >= 4 is 87.2 Å². The Morgan fingerprint density at radius 1 is 0.324 bits per heavy atom. The Morgan fingerprint density at radius 3 is 1.18 bits per heavy atom. The van der Waals surface area contributed by atoms with Gasteiger partial charge in [-0.15, -0.1) is 0 Å². The summed E-state index contributed by atoms with van der Waals surface area (Å²) in [6, 6.07) is 85.7. The quantitative estimate of drug-likeness (QED) is 0.167. The topological polar surface area (TPSA) is 80.2 Å². The van der Waals surface area contributed by atoms with Crippen LogP contribution in [0.4, 0.5) is 0 Å². The van der Waals surface area contributed by atoms with E-state index in [1.165, 1.54) is 0 Å². The van der Waals surface area contributed by atoms with E-state index in [2.05, 4.69) is 223 Å². The van der Waals surface area contributed by atoms with Crippen LogP contribution < -0.4 is 0 Å². The van der Waals surface area contributed by atoms with Crippen molar-refractivity contribution in [1.82, 2.24) is 23.3 Å². The number of nitrogens with zero attached hydrogens (tertiary/aromatic N) is 7. The summed E-state index contributed by atoms with van der Waals surface area (Å²) in [4.78, 5) is 4.64. The molecule has 5 aromatic heterocycles. The van der Waals surface area contributed by atoms with E-state index in [0.717, 1.165) is 115 Å². The van der Waals surface area contributed by atoms with Crippen LogP contribution in [-0.4, -0.2) is 23.3 Å². The lowest BCUT2D eigenvalue weighted by molar-refractivity contribution is 1.12. The smallest absolute Gasteiger partial charge is 0.102 e. The first kappa shape index (κ1) is 41.3. The fourth-order valence-electron chi connectivity index (χ4n) is 12.1. The van der Waals surface area contributed by atoms with Crippen molar-refractivity contribution in [3.63, 3.8) is 0 Å². The molecule has 0 N–H and O–H groups in total. The standard InChI is InChI=1S/C67H39N7/c68-40-52-61(73-57-28-13-9-23-50(57)64-59(73)36-34-48-46-21-7-11-26-55(46)71(66(48)64)44-17-3-1-4-18-44)39-62(53(41-69)63(52)43-32-30-42(31-33-43)54-25-15-16-38-70-54)74-58-29-14-10-24-51(58)65-60(74)37-35-49-47-22-8-12-27-56(47)72(67(49)65)45-19-5-2-6-20-45/h1-39H. The minimum Gasteiger partial charge on any atom is -0.309 e. The minimum atomic E-state index is 0.398. The molecule has 15 aromatic rings. The van der Waals surface area contributed by atoms with Crippen molar-refractivity contribution < 1.29 is 0 Å². The Kier molecular flexibility index (Phi) is 8.95. The third kappa shape index (κ3) is 5.78. The van der Waals surface area contributed by atoms with E-state index in [0.29, 0.717) is 28.1 Å². The molecule has 10 aromatic carbocycles. The Bertz CT molecular complexity index is 4620. The van der Waals surface area contributed by atoms with Crippen LogP contribution in [0.1, 0.15) is 11.1 Å². The highest BCUT2D eigenvalue weighted by atomic mass is 15.0. The van der Waals surface area contributed by atoms with Crippen LogP contribution in [0, 0.1) is 22.7 Å². The SMILES string of the molecule is N#Cc1c(-n2c3ccccc3c3c2ccc2c4ccccc4n(-c4ccccc4)c23)cc(-n2c3ccccc3c3c2ccc2c4ccccc4n(-c4ccccc4)c23)c(C#N)c1-c1ccc(-c2ccccn2)cc1. The molecule has 0 bridgehead atoms. The van der Waals surface area contributed by atoms with Crippen molar-refractivity contribution in [3.8, 4) is 57.3 Å².